The van der Waals surface area contributed by atoms with Crippen molar-refractivity contribution in [2.24, 2.45) is 5.92 Å². The number of halogens is 3. The molecule has 0 saturated carbocycles. The Morgan fingerprint density at radius 3 is 2.14 bits per heavy atom. The van der Waals surface area contributed by atoms with Crippen LogP contribution in [0.15, 0.2) is 54.1 Å². The first kappa shape index (κ1) is 32.1. The van der Waals surface area contributed by atoms with Crippen LogP contribution >= 0.6 is 0 Å². The van der Waals surface area contributed by atoms with Crippen molar-refractivity contribution in [1.82, 2.24) is 0 Å². The zero-order valence-corrected chi connectivity index (χ0v) is 24.2. The molecule has 204 valence electrons. The monoisotopic (exact) mass is 528 g/mol. The van der Waals surface area contributed by atoms with Crippen molar-refractivity contribution in [2.45, 2.75) is 90.4 Å². The molecule has 0 N–H and O–H groups in total. The van der Waals surface area contributed by atoms with E-state index in [0.717, 1.165) is 12.7 Å². The Morgan fingerprint density at radius 2 is 1.69 bits per heavy atom. The van der Waals surface area contributed by atoms with E-state index in [1.165, 1.54) is 24.3 Å². The Hall–Kier alpha value is -1.90. The van der Waals surface area contributed by atoms with E-state index in [1.807, 2.05) is 0 Å². The first-order valence-electron chi connectivity index (χ1n) is 12.3. The summed E-state index contributed by atoms with van der Waals surface area (Å²) in [5, 5.41) is 0.117. The molecule has 36 heavy (non-hydrogen) atoms. The number of carbonyl (C=O) groups is 1. The molecule has 0 aliphatic heterocycles. The zero-order valence-electron chi connectivity index (χ0n) is 23.2. The highest BCUT2D eigenvalue weighted by Gasteiger charge is 2.64. The molecule has 1 aromatic carbocycles. The van der Waals surface area contributed by atoms with Crippen molar-refractivity contribution >= 4 is 14.3 Å². The highest BCUT2D eigenvalue weighted by molar-refractivity contribution is 6.74. The van der Waals surface area contributed by atoms with Gasteiger partial charge in [-0.15, -0.1) is 0 Å². The molecular formula is C28H43F3O4Si. The molecule has 3 atom stereocenters. The third kappa shape index (κ3) is 7.80. The molecule has 0 aliphatic rings. The fraction of sp³-hybridized carbons (Fsp3) is 0.607. The van der Waals surface area contributed by atoms with Crippen LogP contribution in [0.4, 0.5) is 13.2 Å². The van der Waals surface area contributed by atoms with Crippen molar-refractivity contribution in [3.63, 3.8) is 0 Å². The molecule has 1 rings (SSSR count). The van der Waals surface area contributed by atoms with E-state index in [-0.39, 0.29) is 16.5 Å². The van der Waals surface area contributed by atoms with Gasteiger partial charge in [0.05, 0.1) is 0 Å². The predicted molar refractivity (Wildman–Crippen MR) is 141 cm³/mol. The maximum atomic E-state index is 14.2. The Kier molecular flexibility index (Phi) is 11.2. The molecule has 4 nitrogen and oxygen atoms in total. The van der Waals surface area contributed by atoms with Crippen LogP contribution in [0.25, 0.3) is 0 Å². The van der Waals surface area contributed by atoms with Crippen molar-refractivity contribution in [2.75, 3.05) is 13.7 Å². The minimum atomic E-state index is -5.01. The first-order valence-corrected chi connectivity index (χ1v) is 15.2. The second-order valence-electron chi connectivity index (χ2n) is 11.0. The highest BCUT2D eigenvalue weighted by Crippen LogP contribution is 2.43. The molecule has 0 heterocycles. The molecule has 0 spiro atoms. The Balaban J connectivity index is 3.00. The second kappa shape index (κ2) is 12.6. The number of hydrogen-bond donors (Lipinski definition) is 0. The number of benzene rings is 1. The van der Waals surface area contributed by atoms with Crippen molar-refractivity contribution in [3.8, 4) is 0 Å². The number of hydrogen-bond acceptors (Lipinski definition) is 4. The number of esters is 1. The van der Waals surface area contributed by atoms with Gasteiger partial charge in [0.25, 0.3) is 5.60 Å². The Labute approximate surface area is 216 Å². The lowest BCUT2D eigenvalue weighted by Gasteiger charge is -2.37. The summed E-state index contributed by atoms with van der Waals surface area (Å²) >= 11 is 0. The fourth-order valence-electron chi connectivity index (χ4n) is 3.64. The summed E-state index contributed by atoms with van der Waals surface area (Å²) in [6.45, 7) is 21.2. The van der Waals surface area contributed by atoms with E-state index in [9.17, 15) is 18.0 Å². The van der Waals surface area contributed by atoms with E-state index in [2.05, 4.69) is 47.4 Å². The van der Waals surface area contributed by atoms with Crippen molar-refractivity contribution in [3.05, 3.63) is 59.7 Å². The number of rotatable bonds is 12. The summed E-state index contributed by atoms with van der Waals surface area (Å²) in [6, 6.07) is 6.82. The number of carbonyl (C=O) groups excluding carboxylic acids is 1. The minimum absolute atomic E-state index is 0.117. The maximum Gasteiger partial charge on any atom is 0.432 e. The third-order valence-corrected chi connectivity index (χ3v) is 11.4. The summed E-state index contributed by atoms with van der Waals surface area (Å²) in [6.07, 6.45) is -3.12. The molecule has 0 unspecified atom stereocenters. The number of allylic oxidation sites excluding steroid dienone is 2. The van der Waals surface area contributed by atoms with Gasteiger partial charge in [0, 0.05) is 19.3 Å². The van der Waals surface area contributed by atoms with E-state index in [1.54, 1.807) is 26.0 Å². The van der Waals surface area contributed by atoms with Gasteiger partial charge in [0.1, 0.15) is 6.10 Å². The smallest absolute Gasteiger partial charge is 0.432 e. The summed E-state index contributed by atoms with van der Waals surface area (Å²) in [5.41, 5.74) is -2.13. The van der Waals surface area contributed by atoms with Crippen LogP contribution in [0.1, 0.15) is 59.9 Å². The molecular weight excluding hydrogens is 485 g/mol. The molecule has 8 heteroatoms. The largest absolute Gasteiger partial charge is 0.455 e. The predicted octanol–water partition coefficient (Wildman–Crippen LogP) is 7.96. The van der Waals surface area contributed by atoms with Gasteiger partial charge in [-0.05, 0) is 49.4 Å². The second-order valence-corrected chi connectivity index (χ2v) is 15.8. The van der Waals surface area contributed by atoms with Crippen molar-refractivity contribution in [1.29, 1.82) is 0 Å². The van der Waals surface area contributed by atoms with Crippen molar-refractivity contribution < 1.29 is 31.9 Å². The molecule has 1 aromatic rings. The Bertz CT molecular complexity index is 904. The maximum absolute atomic E-state index is 14.2. The Morgan fingerprint density at radius 1 is 1.14 bits per heavy atom. The molecule has 0 saturated heterocycles. The fourth-order valence-corrected chi connectivity index (χ4v) is 4.78. The van der Waals surface area contributed by atoms with Gasteiger partial charge in [-0.1, -0.05) is 83.2 Å². The third-order valence-electron chi connectivity index (χ3n) is 6.88. The van der Waals surface area contributed by atoms with E-state index < -0.39 is 32.2 Å². The zero-order chi connectivity index (χ0) is 27.9. The summed E-state index contributed by atoms with van der Waals surface area (Å²) < 4.78 is 59.1. The number of alkyl halides is 3. The molecule has 0 fully saturated rings. The first-order chi connectivity index (χ1) is 16.4. The van der Waals surface area contributed by atoms with Crippen LogP contribution in [0.3, 0.4) is 0 Å². The average Bonchev–Trinajstić information content (AvgIpc) is 2.75. The van der Waals surface area contributed by atoms with Gasteiger partial charge >= 0.3 is 12.1 Å². The summed E-state index contributed by atoms with van der Waals surface area (Å²) in [5.74, 6) is -1.28. The van der Waals surface area contributed by atoms with Crippen LogP contribution in [-0.2, 0) is 24.3 Å². The number of methoxy groups -OCH3 is 1. The lowest BCUT2D eigenvalue weighted by atomic mass is 9.92. The van der Waals surface area contributed by atoms with Crippen LogP contribution in [0.5, 0.6) is 0 Å². The van der Waals surface area contributed by atoms with Crippen LogP contribution < -0.4 is 0 Å². The SMILES string of the molecule is C=C(/C=C(\C)[C@H](CC)OC(=O)[C@](OC)(c1ccccc1)C(F)(F)F)C[C@H](C)CO[Si](C)(C)C(C)(C)C. The van der Waals surface area contributed by atoms with Gasteiger partial charge in [-0.2, -0.15) is 13.2 Å². The van der Waals surface area contributed by atoms with Gasteiger partial charge in [-0.25, -0.2) is 4.79 Å². The highest BCUT2D eigenvalue weighted by atomic mass is 28.4. The molecule has 0 amide bonds. The lowest BCUT2D eigenvalue weighted by Crippen LogP contribution is -2.52. The standard InChI is InChI=1S/C28H43F3O4Si/c1-11-24(22(4)18-20(2)17-21(3)19-34-36(9,10)26(5,6)7)35-25(32)27(33-8,28(29,30)31)23-15-13-12-14-16-23/h12-16,18,21,24H,2,11,17,19H2,1,3-10H3/b22-18+/t21-,24-,27+/m0/s1. The van der Waals surface area contributed by atoms with Gasteiger partial charge in [0.2, 0.25) is 0 Å². The van der Waals surface area contributed by atoms with E-state index in [4.69, 9.17) is 13.9 Å². The van der Waals surface area contributed by atoms with Gasteiger partial charge in [-0.3, -0.25) is 0 Å². The summed E-state index contributed by atoms with van der Waals surface area (Å²) in [4.78, 5) is 13.0. The molecule has 0 aromatic heterocycles. The lowest BCUT2D eigenvalue weighted by molar-refractivity contribution is -0.277. The quantitative estimate of drug-likeness (QED) is 0.157. The van der Waals surface area contributed by atoms with Gasteiger partial charge < -0.3 is 13.9 Å². The van der Waals surface area contributed by atoms with Crippen LogP contribution in [0.2, 0.25) is 18.1 Å². The normalized spacial score (nSPS) is 16.7. The molecule has 0 aliphatic carbocycles. The summed E-state index contributed by atoms with van der Waals surface area (Å²) in [7, 11) is -1.00. The number of ether oxygens (including phenoxy) is 2. The molecule has 0 bridgehead atoms. The van der Waals surface area contributed by atoms with E-state index in [0.29, 0.717) is 25.0 Å². The minimum Gasteiger partial charge on any atom is -0.455 e. The van der Waals surface area contributed by atoms with Crippen LogP contribution in [0, 0.1) is 5.92 Å². The van der Waals surface area contributed by atoms with E-state index >= 15 is 0 Å². The van der Waals surface area contributed by atoms with Crippen LogP contribution in [-0.4, -0.2) is 40.3 Å². The topological polar surface area (TPSA) is 44.8 Å². The van der Waals surface area contributed by atoms with Gasteiger partial charge in [0.15, 0.2) is 8.32 Å². The average molecular weight is 529 g/mol. The molecule has 0 radical (unpaired) electrons.